The zero-order valence-corrected chi connectivity index (χ0v) is 17.7. The summed E-state index contributed by atoms with van der Waals surface area (Å²) in [5, 5.41) is 5.29. The molecule has 2 saturated heterocycles. The lowest BCUT2D eigenvalue weighted by Gasteiger charge is -2.36. The van der Waals surface area contributed by atoms with Crippen molar-refractivity contribution in [2.45, 2.75) is 4.90 Å². The highest BCUT2D eigenvalue weighted by Crippen LogP contribution is 2.27. The van der Waals surface area contributed by atoms with Gasteiger partial charge in [-0.25, -0.2) is 13.6 Å². The van der Waals surface area contributed by atoms with Crippen LogP contribution >= 0.6 is 0 Å². The van der Waals surface area contributed by atoms with Crippen LogP contribution in [0.15, 0.2) is 45.9 Å². The van der Waals surface area contributed by atoms with Gasteiger partial charge in [-0.05, 0) is 30.3 Å². The third-order valence-electron chi connectivity index (χ3n) is 5.46. The number of nitrogens with two attached hydrogens (primary N) is 1. The second-order valence-electron chi connectivity index (χ2n) is 7.39. The van der Waals surface area contributed by atoms with Crippen molar-refractivity contribution in [2.75, 3.05) is 57.4 Å². The zero-order chi connectivity index (χ0) is 22.0. The number of nitrogens with zero attached hydrogens (tertiary/aromatic N) is 3. The van der Waals surface area contributed by atoms with Gasteiger partial charge in [-0.2, -0.15) is 0 Å². The Morgan fingerprint density at radius 3 is 2.13 bits per heavy atom. The minimum atomic E-state index is -3.96. The van der Waals surface area contributed by atoms with Crippen LogP contribution in [-0.4, -0.2) is 82.5 Å². The molecule has 2 fully saturated rings. The molecule has 2 amide bonds. The van der Waals surface area contributed by atoms with Crippen LogP contribution in [0, 0.1) is 0 Å². The molecule has 3 heterocycles. The van der Waals surface area contributed by atoms with Crippen molar-refractivity contribution >= 4 is 27.5 Å². The quantitative estimate of drug-likeness (QED) is 0.716. The molecule has 0 spiro atoms. The minimum absolute atomic E-state index is 0.112. The first kappa shape index (κ1) is 21.3. The van der Waals surface area contributed by atoms with Crippen LogP contribution < -0.4 is 10.0 Å². The Bertz CT molecular complexity index is 1060. The number of hydrogen-bond acceptors (Lipinski definition) is 7. The maximum absolute atomic E-state index is 13.4. The lowest BCUT2D eigenvalue weighted by atomic mass is 10.1. The van der Waals surface area contributed by atoms with Crippen LogP contribution in [0.4, 0.5) is 5.69 Å². The van der Waals surface area contributed by atoms with Gasteiger partial charge in [0.15, 0.2) is 5.76 Å². The largest absolute Gasteiger partial charge is 0.459 e. The molecule has 11 heteroatoms. The highest BCUT2D eigenvalue weighted by Gasteiger charge is 2.29. The number of morpholine rings is 1. The van der Waals surface area contributed by atoms with Crippen molar-refractivity contribution in [1.82, 2.24) is 9.80 Å². The molecule has 4 rings (SSSR count). The number of sulfonamides is 1. The van der Waals surface area contributed by atoms with Crippen molar-refractivity contribution in [3.8, 4) is 0 Å². The van der Waals surface area contributed by atoms with E-state index in [0.717, 1.165) is 0 Å². The molecular weight excluding hydrogens is 424 g/mol. The smallest absolute Gasteiger partial charge is 0.289 e. The molecule has 2 aromatic rings. The number of carbonyl (C=O) groups is 2. The maximum atomic E-state index is 13.4. The van der Waals surface area contributed by atoms with Crippen molar-refractivity contribution in [3.05, 3.63) is 47.9 Å². The number of piperazine rings is 1. The summed E-state index contributed by atoms with van der Waals surface area (Å²) in [6.45, 7) is 3.61. The van der Waals surface area contributed by atoms with Gasteiger partial charge >= 0.3 is 0 Å². The Morgan fingerprint density at radius 1 is 0.903 bits per heavy atom. The highest BCUT2D eigenvalue weighted by atomic mass is 32.2. The number of hydrogen-bond donors (Lipinski definition) is 1. The summed E-state index contributed by atoms with van der Waals surface area (Å²) in [5.41, 5.74) is 0.925. The summed E-state index contributed by atoms with van der Waals surface area (Å²) < 4.78 is 34.3. The summed E-state index contributed by atoms with van der Waals surface area (Å²) in [7, 11) is -3.96. The summed E-state index contributed by atoms with van der Waals surface area (Å²) in [6, 6.07) is 7.63. The maximum Gasteiger partial charge on any atom is 0.289 e. The van der Waals surface area contributed by atoms with Crippen molar-refractivity contribution < 1.29 is 27.2 Å². The van der Waals surface area contributed by atoms with Crippen LogP contribution in [0.3, 0.4) is 0 Å². The van der Waals surface area contributed by atoms with Crippen LogP contribution in [0.5, 0.6) is 0 Å². The number of benzene rings is 1. The predicted octanol–water partition coefficient (Wildman–Crippen LogP) is 0.362. The van der Waals surface area contributed by atoms with Gasteiger partial charge in [-0.15, -0.1) is 0 Å². The number of furan rings is 1. The van der Waals surface area contributed by atoms with Crippen LogP contribution in [-0.2, 0) is 14.8 Å². The molecule has 0 aliphatic carbocycles. The summed E-state index contributed by atoms with van der Waals surface area (Å²) in [4.78, 5) is 31.0. The van der Waals surface area contributed by atoms with Crippen LogP contribution in [0.2, 0.25) is 0 Å². The number of primary sulfonamides is 1. The Kier molecular flexibility index (Phi) is 5.99. The zero-order valence-electron chi connectivity index (χ0n) is 16.9. The third kappa shape index (κ3) is 4.58. The van der Waals surface area contributed by atoms with E-state index in [2.05, 4.69) is 0 Å². The fourth-order valence-corrected chi connectivity index (χ4v) is 4.32. The topological polar surface area (TPSA) is 126 Å². The number of ether oxygens (including phenoxy) is 1. The van der Waals surface area contributed by atoms with Gasteiger partial charge in [-0.1, -0.05) is 0 Å². The molecule has 2 aliphatic rings. The lowest BCUT2D eigenvalue weighted by molar-refractivity contribution is 0.0518. The average Bonchev–Trinajstić information content (AvgIpc) is 3.33. The van der Waals surface area contributed by atoms with E-state index in [4.69, 9.17) is 14.3 Å². The molecule has 0 radical (unpaired) electrons. The van der Waals surface area contributed by atoms with E-state index < -0.39 is 10.0 Å². The molecule has 1 aromatic heterocycles. The molecule has 0 bridgehead atoms. The standard InChI is InChI=1S/C20H24N4O6S/c21-31(27,28)15-3-4-17(22-9-12-29-13-10-22)16(14-15)19(25)23-5-7-24(8-6-23)20(26)18-2-1-11-30-18/h1-4,11,14H,5-10,12-13H2,(H2,21,27,28). The normalized spacial score (nSPS) is 17.6. The molecular formula is C20H24N4O6S. The first-order valence-electron chi connectivity index (χ1n) is 9.96. The van der Waals surface area contributed by atoms with Gasteiger partial charge in [0.05, 0.1) is 29.9 Å². The fraction of sp³-hybridized carbons (Fsp3) is 0.400. The van der Waals surface area contributed by atoms with Gasteiger partial charge in [-0.3, -0.25) is 9.59 Å². The SMILES string of the molecule is NS(=O)(=O)c1ccc(N2CCOCC2)c(C(=O)N2CCN(C(=O)c3ccco3)CC2)c1. The second kappa shape index (κ2) is 8.69. The van der Waals surface area contributed by atoms with Crippen molar-refractivity contribution in [1.29, 1.82) is 0 Å². The number of carbonyl (C=O) groups excluding carboxylic acids is 2. The van der Waals surface area contributed by atoms with E-state index in [9.17, 15) is 18.0 Å². The summed E-state index contributed by atoms with van der Waals surface area (Å²) in [6.07, 6.45) is 1.44. The summed E-state index contributed by atoms with van der Waals surface area (Å²) in [5.74, 6) is -0.255. The number of anilines is 1. The van der Waals surface area contributed by atoms with Crippen LogP contribution in [0.1, 0.15) is 20.9 Å². The van der Waals surface area contributed by atoms with E-state index in [1.807, 2.05) is 4.90 Å². The van der Waals surface area contributed by atoms with E-state index in [1.165, 1.54) is 18.4 Å². The van der Waals surface area contributed by atoms with Gasteiger partial charge in [0.25, 0.3) is 11.8 Å². The molecule has 0 saturated carbocycles. The number of amides is 2. The van der Waals surface area contributed by atoms with Crippen LogP contribution in [0.25, 0.3) is 0 Å². The van der Waals surface area contributed by atoms with Gasteiger partial charge in [0.1, 0.15) is 0 Å². The molecule has 166 valence electrons. The van der Waals surface area contributed by atoms with E-state index in [-0.39, 0.29) is 28.0 Å². The van der Waals surface area contributed by atoms with E-state index >= 15 is 0 Å². The predicted molar refractivity (Wildman–Crippen MR) is 111 cm³/mol. The van der Waals surface area contributed by atoms with Crippen molar-refractivity contribution in [2.24, 2.45) is 5.14 Å². The molecule has 31 heavy (non-hydrogen) atoms. The fourth-order valence-electron chi connectivity index (χ4n) is 3.78. The molecule has 2 N–H and O–H groups in total. The molecule has 2 aliphatic heterocycles. The average molecular weight is 449 g/mol. The Hall–Kier alpha value is -2.89. The second-order valence-corrected chi connectivity index (χ2v) is 8.95. The van der Waals surface area contributed by atoms with E-state index in [1.54, 1.807) is 28.0 Å². The Morgan fingerprint density at radius 2 is 1.55 bits per heavy atom. The molecule has 1 aromatic carbocycles. The third-order valence-corrected chi connectivity index (χ3v) is 6.38. The lowest BCUT2D eigenvalue weighted by Crippen LogP contribution is -2.50. The first-order chi connectivity index (χ1) is 14.8. The summed E-state index contributed by atoms with van der Waals surface area (Å²) >= 11 is 0. The highest BCUT2D eigenvalue weighted by molar-refractivity contribution is 7.89. The first-order valence-corrected chi connectivity index (χ1v) is 11.5. The molecule has 10 nitrogen and oxygen atoms in total. The van der Waals surface area contributed by atoms with Gasteiger partial charge < -0.3 is 23.9 Å². The van der Waals surface area contributed by atoms with Gasteiger partial charge in [0.2, 0.25) is 10.0 Å². The van der Waals surface area contributed by atoms with Gasteiger partial charge in [0, 0.05) is 45.0 Å². The monoisotopic (exact) mass is 448 g/mol. The van der Waals surface area contributed by atoms with E-state index in [0.29, 0.717) is 58.2 Å². The van der Waals surface area contributed by atoms with Crippen molar-refractivity contribution in [3.63, 3.8) is 0 Å². The Balaban J connectivity index is 1.55. The molecule has 0 atom stereocenters. The minimum Gasteiger partial charge on any atom is -0.459 e. The number of rotatable bonds is 4. The molecule has 0 unspecified atom stereocenters. The Labute approximate surface area is 180 Å².